The first-order valence-electron chi connectivity index (χ1n) is 6.12. The lowest BCUT2D eigenvalue weighted by molar-refractivity contribution is -0.117. The number of anilines is 1. The van der Waals surface area contributed by atoms with E-state index in [4.69, 9.17) is 15.7 Å². The number of nitrogens with two attached hydrogens (primary N) is 1. The third-order valence-corrected chi connectivity index (χ3v) is 2.48. The summed E-state index contributed by atoms with van der Waals surface area (Å²) in [5.41, 5.74) is 6.23. The minimum atomic E-state index is -0.577. The zero-order valence-corrected chi connectivity index (χ0v) is 11.6. The van der Waals surface area contributed by atoms with Crippen LogP contribution in [0.15, 0.2) is 36.0 Å². The lowest BCUT2D eigenvalue weighted by atomic mass is 10.2. The fourth-order valence-electron chi connectivity index (χ4n) is 1.37. The summed E-state index contributed by atoms with van der Waals surface area (Å²) < 4.78 is 4.77. The molecule has 21 heavy (non-hydrogen) atoms. The number of nitriles is 1. The minimum absolute atomic E-state index is 0.199. The number of nitrogens with one attached hydrogen (secondary N) is 2. The molecule has 0 saturated heterocycles. The van der Waals surface area contributed by atoms with Gasteiger partial charge in [0.05, 0.1) is 6.61 Å². The van der Waals surface area contributed by atoms with Gasteiger partial charge in [-0.05, 0) is 24.3 Å². The number of carbonyl (C=O) groups is 2. The Kier molecular flexibility index (Phi) is 6.44. The highest BCUT2D eigenvalue weighted by Gasteiger charge is 2.09. The molecule has 0 radical (unpaired) electrons. The number of hydrogen-bond acceptors (Lipinski definition) is 5. The number of methoxy groups -OCH3 is 1. The summed E-state index contributed by atoms with van der Waals surface area (Å²) in [6.45, 7) is 0.614. The van der Waals surface area contributed by atoms with Crippen molar-refractivity contribution in [3.63, 3.8) is 0 Å². The average Bonchev–Trinajstić information content (AvgIpc) is 2.48. The van der Waals surface area contributed by atoms with Gasteiger partial charge in [-0.3, -0.25) is 9.59 Å². The summed E-state index contributed by atoms with van der Waals surface area (Å²) in [5, 5.41) is 13.8. The molecular weight excluding hydrogens is 272 g/mol. The number of hydrogen-bond donors (Lipinski definition) is 3. The van der Waals surface area contributed by atoms with Gasteiger partial charge in [0.15, 0.2) is 0 Å². The van der Waals surface area contributed by atoms with E-state index in [1.165, 1.54) is 7.11 Å². The molecule has 0 aliphatic carbocycles. The zero-order valence-electron chi connectivity index (χ0n) is 11.6. The van der Waals surface area contributed by atoms with Gasteiger partial charge >= 0.3 is 0 Å². The van der Waals surface area contributed by atoms with E-state index in [1.807, 2.05) is 0 Å². The summed E-state index contributed by atoms with van der Waals surface area (Å²) in [7, 11) is 1.50. The Morgan fingerprint density at radius 3 is 2.62 bits per heavy atom. The molecule has 0 fully saturated rings. The first-order valence-corrected chi connectivity index (χ1v) is 6.12. The second-order valence-corrected chi connectivity index (χ2v) is 4.01. The molecule has 0 spiro atoms. The predicted octanol–water partition coefficient (Wildman–Crippen LogP) is 0.169. The Balaban J connectivity index is 2.63. The lowest BCUT2D eigenvalue weighted by Gasteiger charge is -2.04. The Hall–Kier alpha value is -2.85. The van der Waals surface area contributed by atoms with Gasteiger partial charge in [0.2, 0.25) is 0 Å². The Morgan fingerprint density at radius 2 is 2.05 bits per heavy atom. The van der Waals surface area contributed by atoms with E-state index in [9.17, 15) is 9.59 Å². The van der Waals surface area contributed by atoms with Crippen LogP contribution >= 0.6 is 0 Å². The van der Waals surface area contributed by atoms with E-state index >= 15 is 0 Å². The van der Waals surface area contributed by atoms with Crippen LogP contribution in [0, 0.1) is 11.3 Å². The van der Waals surface area contributed by atoms with Gasteiger partial charge < -0.3 is 21.1 Å². The molecule has 0 atom stereocenters. The molecule has 0 aliphatic rings. The van der Waals surface area contributed by atoms with Crippen LogP contribution in [-0.4, -0.2) is 32.1 Å². The normalized spacial score (nSPS) is 10.6. The number of amides is 2. The number of carbonyl (C=O) groups excluding carboxylic acids is 2. The van der Waals surface area contributed by atoms with E-state index < -0.39 is 11.8 Å². The number of ether oxygens (including phenoxy) is 1. The maximum Gasteiger partial charge on any atom is 0.263 e. The molecule has 1 aromatic carbocycles. The highest BCUT2D eigenvalue weighted by molar-refractivity contribution is 5.99. The summed E-state index contributed by atoms with van der Waals surface area (Å²) in [5.74, 6) is -1.01. The molecule has 1 aromatic rings. The van der Waals surface area contributed by atoms with Crippen molar-refractivity contribution in [1.29, 1.82) is 5.26 Å². The number of nitrogen functional groups attached to an aromatic ring is 1. The topological polar surface area (TPSA) is 117 Å². The average molecular weight is 288 g/mol. The van der Waals surface area contributed by atoms with Gasteiger partial charge in [-0.1, -0.05) is 0 Å². The maximum absolute atomic E-state index is 11.8. The molecule has 0 unspecified atom stereocenters. The monoisotopic (exact) mass is 288 g/mol. The highest BCUT2D eigenvalue weighted by atomic mass is 16.5. The molecule has 0 saturated carbocycles. The Labute approximate surface area is 122 Å². The summed E-state index contributed by atoms with van der Waals surface area (Å²) in [6.07, 6.45) is 1.07. The predicted molar refractivity (Wildman–Crippen MR) is 76.9 cm³/mol. The van der Waals surface area contributed by atoms with Crippen molar-refractivity contribution >= 4 is 17.5 Å². The van der Waals surface area contributed by atoms with Crippen LogP contribution < -0.4 is 16.4 Å². The molecule has 0 aromatic heterocycles. The van der Waals surface area contributed by atoms with Crippen molar-refractivity contribution in [2.45, 2.75) is 0 Å². The molecule has 1 rings (SSSR count). The Bertz CT molecular complexity index is 573. The molecule has 2 amide bonds. The van der Waals surface area contributed by atoms with Crippen molar-refractivity contribution in [2.75, 3.05) is 26.0 Å². The first-order chi connectivity index (χ1) is 10.1. The largest absolute Gasteiger partial charge is 0.399 e. The third kappa shape index (κ3) is 5.34. The summed E-state index contributed by atoms with van der Waals surface area (Å²) in [6, 6.07) is 7.98. The first kappa shape index (κ1) is 16.2. The van der Waals surface area contributed by atoms with Crippen LogP contribution in [0.4, 0.5) is 5.69 Å². The lowest BCUT2D eigenvalue weighted by Crippen LogP contribution is -2.29. The van der Waals surface area contributed by atoms with Gasteiger partial charge in [-0.2, -0.15) is 5.26 Å². The van der Waals surface area contributed by atoms with Crippen LogP contribution in [0.2, 0.25) is 0 Å². The molecule has 4 N–H and O–H groups in total. The van der Waals surface area contributed by atoms with E-state index in [2.05, 4.69) is 10.6 Å². The maximum atomic E-state index is 11.8. The van der Waals surface area contributed by atoms with Gasteiger partial charge in [0.1, 0.15) is 11.6 Å². The van der Waals surface area contributed by atoms with E-state index in [0.717, 1.165) is 6.20 Å². The SMILES string of the molecule is COCCNC(=O)/C(C#N)=C\NC(=O)c1ccc(N)cc1. The van der Waals surface area contributed by atoms with Crippen LogP contribution in [0.5, 0.6) is 0 Å². The van der Waals surface area contributed by atoms with Gasteiger partial charge in [-0.25, -0.2) is 0 Å². The number of nitrogens with zero attached hydrogens (tertiary/aromatic N) is 1. The minimum Gasteiger partial charge on any atom is -0.399 e. The van der Waals surface area contributed by atoms with Crippen molar-refractivity contribution in [3.8, 4) is 6.07 Å². The summed E-state index contributed by atoms with van der Waals surface area (Å²) in [4.78, 5) is 23.4. The highest BCUT2D eigenvalue weighted by Crippen LogP contribution is 2.05. The Morgan fingerprint density at radius 1 is 1.38 bits per heavy atom. The molecule has 110 valence electrons. The second kappa shape index (κ2) is 8.35. The third-order valence-electron chi connectivity index (χ3n) is 2.48. The van der Waals surface area contributed by atoms with Crippen molar-refractivity contribution in [3.05, 3.63) is 41.6 Å². The van der Waals surface area contributed by atoms with Crippen molar-refractivity contribution in [1.82, 2.24) is 10.6 Å². The quantitative estimate of drug-likeness (QED) is 0.298. The standard InChI is InChI=1S/C14H16N4O3/c1-21-7-6-17-14(20)11(8-15)9-18-13(19)10-2-4-12(16)5-3-10/h2-5,9H,6-7,16H2,1H3,(H,17,20)(H,18,19)/b11-9-. The smallest absolute Gasteiger partial charge is 0.263 e. The van der Waals surface area contributed by atoms with Crippen molar-refractivity contribution in [2.24, 2.45) is 0 Å². The van der Waals surface area contributed by atoms with Gasteiger partial charge in [0.25, 0.3) is 11.8 Å². The molecule has 0 aliphatic heterocycles. The zero-order chi connectivity index (χ0) is 15.7. The van der Waals surface area contributed by atoms with Crippen LogP contribution in [-0.2, 0) is 9.53 Å². The number of rotatable bonds is 6. The van der Waals surface area contributed by atoms with Gasteiger partial charge in [-0.15, -0.1) is 0 Å². The van der Waals surface area contributed by atoms with Crippen LogP contribution in [0.3, 0.4) is 0 Å². The molecule has 0 heterocycles. The van der Waals surface area contributed by atoms with E-state index in [1.54, 1.807) is 30.3 Å². The molecule has 0 bridgehead atoms. The fourth-order valence-corrected chi connectivity index (χ4v) is 1.37. The second-order valence-electron chi connectivity index (χ2n) is 4.01. The number of benzene rings is 1. The van der Waals surface area contributed by atoms with Crippen molar-refractivity contribution < 1.29 is 14.3 Å². The van der Waals surface area contributed by atoms with Gasteiger partial charge in [0, 0.05) is 31.1 Å². The van der Waals surface area contributed by atoms with Crippen LogP contribution in [0.1, 0.15) is 10.4 Å². The molecule has 7 heteroatoms. The fraction of sp³-hybridized carbons (Fsp3) is 0.214. The van der Waals surface area contributed by atoms with Crippen LogP contribution in [0.25, 0.3) is 0 Å². The summed E-state index contributed by atoms with van der Waals surface area (Å²) >= 11 is 0. The molecule has 7 nitrogen and oxygen atoms in total. The van der Waals surface area contributed by atoms with E-state index in [0.29, 0.717) is 17.9 Å². The molecular formula is C14H16N4O3. The van der Waals surface area contributed by atoms with E-state index in [-0.39, 0.29) is 12.1 Å².